The molecule has 3 fully saturated rings. The van der Waals surface area contributed by atoms with E-state index >= 15 is 0 Å². The summed E-state index contributed by atoms with van der Waals surface area (Å²) >= 11 is 0. The molecule has 168 valence electrons. The van der Waals surface area contributed by atoms with Crippen molar-refractivity contribution in [2.75, 3.05) is 6.61 Å². The molecule has 8 unspecified atom stereocenters. The maximum atomic E-state index is 12.0. The third kappa shape index (κ3) is 3.26. The maximum absolute atomic E-state index is 12.0. The molecular weight excluding hydrogens is 372 g/mol. The fourth-order valence-electron chi connectivity index (χ4n) is 8.18. The number of aliphatic hydroxyl groups is 2. The van der Waals surface area contributed by atoms with E-state index in [-0.39, 0.29) is 23.4 Å². The molecule has 3 saturated carbocycles. The van der Waals surface area contributed by atoms with E-state index in [1.807, 2.05) is 6.08 Å². The molecule has 0 radical (unpaired) electrons. The van der Waals surface area contributed by atoms with Crippen molar-refractivity contribution in [2.24, 2.45) is 46.3 Å². The number of aliphatic hydroxyl groups excluding tert-OH is 1. The Balaban J connectivity index is 1.60. The molecule has 4 aliphatic rings. The molecule has 0 aromatic heterocycles. The van der Waals surface area contributed by atoms with Gasteiger partial charge in [-0.1, -0.05) is 45.9 Å². The van der Waals surface area contributed by atoms with Crippen LogP contribution in [0.3, 0.4) is 0 Å². The summed E-state index contributed by atoms with van der Waals surface area (Å²) in [4.78, 5) is 12.0. The molecule has 3 heteroatoms. The molecule has 4 aliphatic carbocycles. The zero-order valence-corrected chi connectivity index (χ0v) is 19.4. The molecule has 0 bridgehead atoms. The Labute approximate surface area is 183 Å². The van der Waals surface area contributed by atoms with Gasteiger partial charge in [0.2, 0.25) is 0 Å². The smallest absolute Gasteiger partial charge is 0.155 e. The predicted molar refractivity (Wildman–Crippen MR) is 121 cm³/mol. The Morgan fingerprint density at radius 1 is 1.13 bits per heavy atom. The van der Waals surface area contributed by atoms with Gasteiger partial charge in [-0.3, -0.25) is 4.79 Å². The van der Waals surface area contributed by atoms with Crippen molar-refractivity contribution in [1.29, 1.82) is 0 Å². The first-order valence-corrected chi connectivity index (χ1v) is 12.4. The predicted octanol–water partition coefficient (Wildman–Crippen LogP) is 5.32. The van der Waals surface area contributed by atoms with Crippen LogP contribution in [0.1, 0.15) is 79.1 Å². The molecule has 8 atom stereocenters. The number of ketones is 1. The molecule has 3 nitrogen and oxygen atoms in total. The van der Waals surface area contributed by atoms with E-state index in [0.29, 0.717) is 35.4 Å². The summed E-state index contributed by atoms with van der Waals surface area (Å²) in [7, 11) is 0. The second-order valence-electron chi connectivity index (χ2n) is 11.8. The average Bonchev–Trinajstić information content (AvgIpc) is 2.97. The highest BCUT2D eigenvalue weighted by Gasteiger charge is 2.65. The normalized spacial score (nSPS) is 46.7. The van der Waals surface area contributed by atoms with Gasteiger partial charge < -0.3 is 10.2 Å². The van der Waals surface area contributed by atoms with Gasteiger partial charge in [0.05, 0.1) is 12.2 Å². The highest BCUT2D eigenvalue weighted by Crippen LogP contribution is 2.68. The molecule has 0 saturated heterocycles. The van der Waals surface area contributed by atoms with Crippen molar-refractivity contribution in [3.63, 3.8) is 0 Å². The molecule has 0 spiro atoms. The minimum atomic E-state index is -0.818. The number of carbonyl (C=O) groups excluding carboxylic acids is 1. The van der Waals surface area contributed by atoms with Gasteiger partial charge >= 0.3 is 0 Å². The fraction of sp³-hybridized carbons (Fsp3) is 0.815. The van der Waals surface area contributed by atoms with Gasteiger partial charge in [0.15, 0.2) is 5.78 Å². The molecule has 0 aromatic rings. The quantitative estimate of drug-likeness (QED) is 0.599. The van der Waals surface area contributed by atoms with Gasteiger partial charge in [0.25, 0.3) is 0 Å². The SMILES string of the molecule is CC(C)CC=CC(CO)C1(O)CCC2C3CCC4CC(=O)C=CC4(C)C3CCC21C. The largest absolute Gasteiger partial charge is 0.396 e. The van der Waals surface area contributed by atoms with Gasteiger partial charge in [-0.25, -0.2) is 0 Å². The Hall–Kier alpha value is -0.930. The van der Waals surface area contributed by atoms with Gasteiger partial charge in [-0.15, -0.1) is 0 Å². The van der Waals surface area contributed by atoms with E-state index in [2.05, 4.69) is 45.9 Å². The monoisotopic (exact) mass is 414 g/mol. The summed E-state index contributed by atoms with van der Waals surface area (Å²) < 4.78 is 0. The summed E-state index contributed by atoms with van der Waals surface area (Å²) in [5.41, 5.74) is -0.825. The summed E-state index contributed by atoms with van der Waals surface area (Å²) in [6.07, 6.45) is 16.4. The van der Waals surface area contributed by atoms with Crippen LogP contribution in [0.2, 0.25) is 0 Å². The lowest BCUT2D eigenvalue weighted by molar-refractivity contribution is -0.159. The van der Waals surface area contributed by atoms with Gasteiger partial charge in [0, 0.05) is 17.8 Å². The average molecular weight is 415 g/mol. The van der Waals surface area contributed by atoms with Crippen LogP contribution in [0.5, 0.6) is 0 Å². The summed E-state index contributed by atoms with van der Waals surface area (Å²) in [6, 6.07) is 0. The molecule has 2 N–H and O–H groups in total. The Morgan fingerprint density at radius 2 is 1.87 bits per heavy atom. The van der Waals surface area contributed by atoms with Crippen molar-refractivity contribution in [2.45, 2.75) is 84.7 Å². The van der Waals surface area contributed by atoms with E-state index in [0.717, 1.165) is 44.9 Å². The number of hydrogen-bond acceptors (Lipinski definition) is 3. The zero-order valence-electron chi connectivity index (χ0n) is 19.4. The molecule has 0 aromatic carbocycles. The lowest BCUT2D eigenvalue weighted by Crippen LogP contribution is -2.58. The standard InChI is InChI=1S/C27H42O3/c1-18(2)6-5-7-20(17-28)27(30)15-12-24-22-9-8-19-16-21(29)10-13-25(19,3)23(22)11-14-26(24,27)4/h5,7,10,13,18-20,22-24,28,30H,6,8-9,11-12,14-17H2,1-4H3. The highest BCUT2D eigenvalue weighted by atomic mass is 16.3. The fourth-order valence-corrected chi connectivity index (χ4v) is 8.18. The van der Waals surface area contributed by atoms with Crippen molar-refractivity contribution in [3.05, 3.63) is 24.3 Å². The lowest BCUT2D eigenvalue weighted by atomic mass is 9.45. The van der Waals surface area contributed by atoms with Crippen molar-refractivity contribution in [1.82, 2.24) is 0 Å². The number of hydrogen-bond donors (Lipinski definition) is 2. The van der Waals surface area contributed by atoms with Crippen LogP contribution < -0.4 is 0 Å². The van der Waals surface area contributed by atoms with Crippen LogP contribution in [0.25, 0.3) is 0 Å². The van der Waals surface area contributed by atoms with E-state index < -0.39 is 5.60 Å². The van der Waals surface area contributed by atoms with Crippen molar-refractivity contribution >= 4 is 5.78 Å². The van der Waals surface area contributed by atoms with Crippen LogP contribution in [-0.2, 0) is 4.79 Å². The summed E-state index contributed by atoms with van der Waals surface area (Å²) in [5, 5.41) is 22.2. The third-order valence-electron chi connectivity index (χ3n) is 10.0. The molecular formula is C27H42O3. The van der Waals surface area contributed by atoms with Crippen molar-refractivity contribution in [3.8, 4) is 0 Å². The van der Waals surface area contributed by atoms with Crippen LogP contribution >= 0.6 is 0 Å². The number of rotatable bonds is 5. The zero-order chi connectivity index (χ0) is 21.7. The minimum Gasteiger partial charge on any atom is -0.396 e. The minimum absolute atomic E-state index is 0.0200. The Kier molecular flexibility index (Phi) is 5.85. The summed E-state index contributed by atoms with van der Waals surface area (Å²) in [6.45, 7) is 9.13. The second kappa shape index (κ2) is 7.89. The topological polar surface area (TPSA) is 57.5 Å². The van der Waals surface area contributed by atoms with Crippen LogP contribution in [0, 0.1) is 46.3 Å². The van der Waals surface area contributed by atoms with E-state index in [9.17, 15) is 15.0 Å². The van der Waals surface area contributed by atoms with E-state index in [4.69, 9.17) is 0 Å². The van der Waals surface area contributed by atoms with E-state index in [1.54, 1.807) is 0 Å². The first-order valence-electron chi connectivity index (χ1n) is 12.4. The molecule has 0 heterocycles. The van der Waals surface area contributed by atoms with E-state index in [1.165, 1.54) is 6.42 Å². The van der Waals surface area contributed by atoms with Gasteiger partial charge in [0.1, 0.15) is 0 Å². The molecule has 30 heavy (non-hydrogen) atoms. The third-order valence-corrected chi connectivity index (χ3v) is 10.0. The van der Waals surface area contributed by atoms with Gasteiger partial charge in [-0.2, -0.15) is 0 Å². The van der Waals surface area contributed by atoms with Crippen LogP contribution in [0.4, 0.5) is 0 Å². The van der Waals surface area contributed by atoms with Crippen LogP contribution in [0.15, 0.2) is 24.3 Å². The molecule has 0 amide bonds. The number of allylic oxidation sites excluding steroid dienone is 3. The molecule has 4 rings (SSSR count). The lowest BCUT2D eigenvalue weighted by Gasteiger charge is -2.60. The first-order chi connectivity index (χ1) is 14.2. The first kappa shape index (κ1) is 22.3. The second-order valence-corrected chi connectivity index (χ2v) is 11.8. The van der Waals surface area contributed by atoms with Crippen molar-refractivity contribution < 1.29 is 15.0 Å². The molecule has 0 aliphatic heterocycles. The maximum Gasteiger partial charge on any atom is 0.155 e. The summed E-state index contributed by atoms with van der Waals surface area (Å²) in [5.74, 6) is 2.94. The highest BCUT2D eigenvalue weighted by molar-refractivity contribution is 5.91. The number of fused-ring (bicyclic) bond motifs is 5. The number of carbonyl (C=O) groups is 1. The van der Waals surface area contributed by atoms with Gasteiger partial charge in [-0.05, 0) is 86.0 Å². The Bertz CT molecular complexity index is 724. The van der Waals surface area contributed by atoms with Crippen LogP contribution in [-0.4, -0.2) is 28.2 Å². The Morgan fingerprint density at radius 3 is 2.57 bits per heavy atom.